The highest BCUT2D eigenvalue weighted by Crippen LogP contribution is 2.31. The molecule has 28 heavy (non-hydrogen) atoms. The zero-order chi connectivity index (χ0) is 19.3. The van der Waals surface area contributed by atoms with Crippen LogP contribution < -0.4 is 15.6 Å². The molecule has 0 radical (unpaired) electrons. The van der Waals surface area contributed by atoms with Crippen LogP contribution in [-0.4, -0.2) is 41.0 Å². The lowest BCUT2D eigenvalue weighted by atomic mass is 9.95. The SMILES string of the molecule is O=C(C1CC(COc2ccccc2F)NN1)N1CCCCC1c1cccnc1. The van der Waals surface area contributed by atoms with Crippen molar-refractivity contribution in [1.29, 1.82) is 0 Å². The molecule has 2 N–H and O–H groups in total. The largest absolute Gasteiger partial charge is 0.489 e. The second kappa shape index (κ2) is 8.67. The average Bonchev–Trinajstić information content (AvgIpc) is 3.22. The summed E-state index contributed by atoms with van der Waals surface area (Å²) in [7, 11) is 0. The van der Waals surface area contributed by atoms with Crippen molar-refractivity contribution in [2.24, 2.45) is 0 Å². The van der Waals surface area contributed by atoms with Crippen molar-refractivity contribution in [1.82, 2.24) is 20.7 Å². The molecule has 2 saturated heterocycles. The van der Waals surface area contributed by atoms with Gasteiger partial charge in [-0.3, -0.25) is 15.2 Å². The molecule has 0 saturated carbocycles. The average molecular weight is 384 g/mol. The van der Waals surface area contributed by atoms with E-state index in [4.69, 9.17) is 4.74 Å². The van der Waals surface area contributed by atoms with Crippen molar-refractivity contribution in [2.45, 2.75) is 43.8 Å². The fourth-order valence-corrected chi connectivity index (χ4v) is 3.96. The van der Waals surface area contributed by atoms with E-state index in [0.29, 0.717) is 13.0 Å². The maximum absolute atomic E-state index is 13.7. The second-order valence-corrected chi connectivity index (χ2v) is 7.34. The summed E-state index contributed by atoms with van der Waals surface area (Å²) in [6.07, 6.45) is 7.28. The van der Waals surface area contributed by atoms with Gasteiger partial charge in [-0.2, -0.15) is 0 Å². The molecule has 2 fully saturated rings. The summed E-state index contributed by atoms with van der Waals surface area (Å²) in [6.45, 7) is 1.05. The number of ether oxygens (including phenoxy) is 1. The molecule has 2 aliphatic heterocycles. The monoisotopic (exact) mass is 384 g/mol. The van der Waals surface area contributed by atoms with Crippen LogP contribution in [0.4, 0.5) is 4.39 Å². The number of benzene rings is 1. The molecular formula is C21H25FN4O2. The Balaban J connectivity index is 1.36. The van der Waals surface area contributed by atoms with Gasteiger partial charge in [0.05, 0.1) is 12.1 Å². The first-order valence-electron chi connectivity index (χ1n) is 9.81. The van der Waals surface area contributed by atoms with Gasteiger partial charge >= 0.3 is 0 Å². The van der Waals surface area contributed by atoms with Crippen molar-refractivity contribution in [2.75, 3.05) is 13.2 Å². The van der Waals surface area contributed by atoms with Crippen molar-refractivity contribution in [3.8, 4) is 5.75 Å². The first-order chi connectivity index (χ1) is 13.7. The maximum Gasteiger partial charge on any atom is 0.241 e. The van der Waals surface area contributed by atoms with Crippen LogP contribution in [0, 0.1) is 5.82 Å². The number of hydrogen-bond donors (Lipinski definition) is 2. The molecule has 148 valence electrons. The van der Waals surface area contributed by atoms with Gasteiger partial charge in [0.15, 0.2) is 11.6 Å². The Kier molecular flexibility index (Phi) is 5.83. The third kappa shape index (κ3) is 4.15. The van der Waals surface area contributed by atoms with E-state index >= 15 is 0 Å². The Morgan fingerprint density at radius 1 is 1.21 bits per heavy atom. The number of nitrogens with zero attached hydrogens (tertiary/aromatic N) is 2. The number of carbonyl (C=O) groups excluding carboxylic acids is 1. The summed E-state index contributed by atoms with van der Waals surface area (Å²) in [4.78, 5) is 19.3. The maximum atomic E-state index is 13.7. The van der Waals surface area contributed by atoms with Gasteiger partial charge in [-0.15, -0.1) is 0 Å². The van der Waals surface area contributed by atoms with Crippen LogP contribution in [0.15, 0.2) is 48.8 Å². The van der Waals surface area contributed by atoms with Gasteiger partial charge in [-0.05, 0) is 49.4 Å². The summed E-state index contributed by atoms with van der Waals surface area (Å²) < 4.78 is 19.3. The molecule has 2 aliphatic rings. The van der Waals surface area contributed by atoms with Gasteiger partial charge in [-0.25, -0.2) is 9.82 Å². The molecule has 3 atom stereocenters. The smallest absolute Gasteiger partial charge is 0.241 e. The van der Waals surface area contributed by atoms with Crippen LogP contribution in [0.25, 0.3) is 0 Å². The molecule has 6 nitrogen and oxygen atoms in total. The van der Waals surface area contributed by atoms with E-state index < -0.39 is 0 Å². The predicted molar refractivity (Wildman–Crippen MR) is 103 cm³/mol. The molecule has 1 amide bonds. The van der Waals surface area contributed by atoms with Gasteiger partial charge in [0.25, 0.3) is 0 Å². The lowest BCUT2D eigenvalue weighted by Gasteiger charge is -2.37. The highest BCUT2D eigenvalue weighted by molar-refractivity contribution is 5.82. The zero-order valence-electron chi connectivity index (χ0n) is 15.7. The van der Waals surface area contributed by atoms with E-state index in [9.17, 15) is 9.18 Å². The topological polar surface area (TPSA) is 66.5 Å². The van der Waals surface area contributed by atoms with Gasteiger partial charge in [-0.1, -0.05) is 18.2 Å². The first-order valence-corrected chi connectivity index (χ1v) is 9.81. The lowest BCUT2D eigenvalue weighted by molar-refractivity contribution is -0.137. The summed E-state index contributed by atoms with van der Waals surface area (Å²) in [6, 6.07) is 9.99. The molecule has 1 aromatic carbocycles. The second-order valence-electron chi connectivity index (χ2n) is 7.34. The van der Waals surface area contributed by atoms with Crippen LogP contribution in [0.5, 0.6) is 5.75 Å². The highest BCUT2D eigenvalue weighted by atomic mass is 19.1. The van der Waals surface area contributed by atoms with Crippen molar-refractivity contribution in [3.05, 3.63) is 60.2 Å². The lowest BCUT2D eigenvalue weighted by Crippen LogP contribution is -2.48. The summed E-state index contributed by atoms with van der Waals surface area (Å²) in [5, 5.41) is 0. The van der Waals surface area contributed by atoms with E-state index in [1.165, 1.54) is 6.07 Å². The first kappa shape index (κ1) is 18.8. The summed E-state index contributed by atoms with van der Waals surface area (Å²) >= 11 is 0. The summed E-state index contributed by atoms with van der Waals surface area (Å²) in [5.41, 5.74) is 7.29. The minimum absolute atomic E-state index is 0.0600. The Hall–Kier alpha value is -2.51. The molecule has 1 aromatic heterocycles. The number of pyridine rings is 1. The van der Waals surface area contributed by atoms with Crippen LogP contribution in [0.3, 0.4) is 0 Å². The Labute approximate surface area is 164 Å². The molecular weight excluding hydrogens is 359 g/mol. The normalized spacial score (nSPS) is 24.9. The highest BCUT2D eigenvalue weighted by Gasteiger charge is 2.36. The molecule has 0 bridgehead atoms. The number of hydrogen-bond acceptors (Lipinski definition) is 5. The number of nitrogens with one attached hydrogen (secondary N) is 2. The van der Waals surface area contributed by atoms with Gasteiger partial charge in [0.1, 0.15) is 12.6 Å². The minimum atomic E-state index is -0.381. The van der Waals surface area contributed by atoms with Crippen molar-refractivity contribution < 1.29 is 13.9 Å². The Morgan fingerprint density at radius 3 is 2.93 bits per heavy atom. The van der Waals surface area contributed by atoms with E-state index in [2.05, 4.69) is 15.8 Å². The molecule has 0 spiro atoms. The molecule has 2 aromatic rings. The molecule has 0 aliphatic carbocycles. The van der Waals surface area contributed by atoms with Crippen LogP contribution in [0.1, 0.15) is 37.3 Å². The summed E-state index contributed by atoms with van der Waals surface area (Å²) in [5.74, 6) is -0.0603. The quantitative estimate of drug-likeness (QED) is 0.830. The number of amides is 1. The van der Waals surface area contributed by atoms with E-state index in [-0.39, 0.29) is 35.6 Å². The number of hydrazine groups is 1. The number of piperidine rings is 1. The van der Waals surface area contributed by atoms with Crippen LogP contribution >= 0.6 is 0 Å². The number of aromatic nitrogens is 1. The van der Waals surface area contributed by atoms with Gasteiger partial charge in [0.2, 0.25) is 5.91 Å². The Bertz CT molecular complexity index is 804. The van der Waals surface area contributed by atoms with Gasteiger partial charge < -0.3 is 9.64 Å². The van der Waals surface area contributed by atoms with E-state index in [1.807, 2.05) is 23.2 Å². The molecule has 3 heterocycles. The van der Waals surface area contributed by atoms with Crippen LogP contribution in [-0.2, 0) is 4.79 Å². The third-order valence-corrected chi connectivity index (χ3v) is 5.41. The number of carbonyl (C=O) groups is 1. The zero-order valence-corrected chi connectivity index (χ0v) is 15.7. The molecule has 4 rings (SSSR count). The van der Waals surface area contributed by atoms with E-state index in [0.717, 1.165) is 31.4 Å². The fraction of sp³-hybridized carbons (Fsp3) is 0.429. The third-order valence-electron chi connectivity index (χ3n) is 5.41. The van der Waals surface area contributed by atoms with Crippen molar-refractivity contribution in [3.63, 3.8) is 0 Å². The Morgan fingerprint density at radius 2 is 2.11 bits per heavy atom. The number of halogens is 1. The minimum Gasteiger partial charge on any atom is -0.489 e. The molecule has 7 heteroatoms. The number of para-hydroxylation sites is 1. The van der Waals surface area contributed by atoms with Crippen LogP contribution in [0.2, 0.25) is 0 Å². The van der Waals surface area contributed by atoms with Crippen molar-refractivity contribution >= 4 is 5.91 Å². The number of likely N-dealkylation sites (tertiary alicyclic amines) is 1. The fourth-order valence-electron chi connectivity index (χ4n) is 3.96. The van der Waals surface area contributed by atoms with Gasteiger partial charge in [0, 0.05) is 18.9 Å². The number of rotatable bonds is 5. The van der Waals surface area contributed by atoms with E-state index in [1.54, 1.807) is 24.4 Å². The standard InChI is InChI=1S/C21H25FN4O2/c22-17-7-1-2-9-20(17)28-14-16-12-18(25-24-16)21(27)26-11-4-3-8-19(26)15-6-5-10-23-13-15/h1-2,5-7,9-10,13,16,18-19,24-25H,3-4,8,11-12,14H2. The molecule has 3 unspecified atom stereocenters. The predicted octanol–water partition coefficient (Wildman–Crippen LogP) is 2.59.